The van der Waals surface area contributed by atoms with Crippen LogP contribution < -0.4 is 0 Å². The van der Waals surface area contributed by atoms with Crippen molar-refractivity contribution in [3.8, 4) is 28.1 Å². The first-order chi connectivity index (χ1) is 16.1. The van der Waals surface area contributed by atoms with Gasteiger partial charge in [0.2, 0.25) is 0 Å². The predicted octanol–water partition coefficient (Wildman–Crippen LogP) is 5.78. The molecule has 0 amide bonds. The van der Waals surface area contributed by atoms with Crippen molar-refractivity contribution in [2.45, 2.75) is 6.92 Å². The quantitative estimate of drug-likeness (QED) is 0.199. The van der Waals surface area contributed by atoms with Gasteiger partial charge in [-0.15, -0.1) is 0 Å². The molecule has 0 aliphatic heterocycles. The molecule has 3 aromatic carbocycles. The topological polar surface area (TPSA) is 90.9 Å². The molecule has 0 aliphatic rings. The van der Waals surface area contributed by atoms with E-state index < -0.39 is 4.92 Å². The molecular formula is C26H18N4O3. The van der Waals surface area contributed by atoms with Crippen molar-refractivity contribution in [2.75, 3.05) is 0 Å². The molecule has 0 N–H and O–H groups in total. The van der Waals surface area contributed by atoms with Gasteiger partial charge in [0, 0.05) is 28.8 Å². The molecule has 160 valence electrons. The van der Waals surface area contributed by atoms with E-state index >= 15 is 0 Å². The third-order valence-electron chi connectivity index (χ3n) is 5.56. The van der Waals surface area contributed by atoms with Gasteiger partial charge in [0.25, 0.3) is 5.69 Å². The maximum Gasteiger partial charge on any atom is 0.269 e. The summed E-state index contributed by atoms with van der Waals surface area (Å²) in [5.41, 5.74) is 5.25. The fourth-order valence-corrected chi connectivity index (χ4v) is 4.06. The molecule has 0 saturated heterocycles. The van der Waals surface area contributed by atoms with Crippen molar-refractivity contribution in [1.29, 1.82) is 0 Å². The van der Waals surface area contributed by atoms with Gasteiger partial charge >= 0.3 is 0 Å². The zero-order valence-electron chi connectivity index (χ0n) is 17.7. The van der Waals surface area contributed by atoms with Crippen LogP contribution in [0.1, 0.15) is 16.1 Å². The zero-order chi connectivity index (χ0) is 22.9. The Hall–Kier alpha value is -4.65. The molecule has 0 radical (unpaired) electrons. The molecule has 5 rings (SSSR count). The van der Waals surface area contributed by atoms with Gasteiger partial charge in [0.15, 0.2) is 11.9 Å². The van der Waals surface area contributed by atoms with Crippen molar-refractivity contribution in [3.63, 3.8) is 0 Å². The number of aldehydes is 1. The molecule has 0 aliphatic carbocycles. The number of aryl methyl sites for hydroxylation is 1. The fourth-order valence-electron chi connectivity index (χ4n) is 4.06. The molecule has 2 aromatic heterocycles. The number of nitrogens with zero attached hydrogens (tertiary/aromatic N) is 4. The minimum atomic E-state index is -0.454. The third kappa shape index (κ3) is 3.45. The van der Waals surface area contributed by atoms with Crippen LogP contribution in [0.15, 0.2) is 84.9 Å². The Morgan fingerprint density at radius 1 is 0.879 bits per heavy atom. The van der Waals surface area contributed by atoms with Gasteiger partial charge in [-0.05, 0) is 36.8 Å². The summed E-state index contributed by atoms with van der Waals surface area (Å²) in [4.78, 5) is 28.0. The lowest BCUT2D eigenvalue weighted by Crippen LogP contribution is -2.02. The SMILES string of the molecule is Cc1nn(-c2ccccc2)c2nc(-c3ccc([N+](=O)[O-])cc3)c(C=O)c(-c3ccccc3)c12. The van der Waals surface area contributed by atoms with Crippen molar-refractivity contribution in [3.05, 3.63) is 106 Å². The number of para-hydroxylation sites is 1. The van der Waals surface area contributed by atoms with Crippen LogP contribution >= 0.6 is 0 Å². The first kappa shape index (κ1) is 20.3. The zero-order valence-corrected chi connectivity index (χ0v) is 17.7. The monoisotopic (exact) mass is 434 g/mol. The van der Waals surface area contributed by atoms with Crippen LogP contribution in [0.3, 0.4) is 0 Å². The fraction of sp³-hybridized carbons (Fsp3) is 0.0385. The summed E-state index contributed by atoms with van der Waals surface area (Å²) in [6.45, 7) is 1.90. The molecule has 0 spiro atoms. The average Bonchev–Trinajstić information content (AvgIpc) is 3.20. The lowest BCUT2D eigenvalue weighted by Gasteiger charge is -2.13. The van der Waals surface area contributed by atoms with Gasteiger partial charge in [-0.1, -0.05) is 48.5 Å². The summed E-state index contributed by atoms with van der Waals surface area (Å²) >= 11 is 0. The largest absolute Gasteiger partial charge is 0.298 e. The Balaban J connectivity index is 1.89. The second-order valence-electron chi connectivity index (χ2n) is 7.57. The lowest BCUT2D eigenvalue weighted by atomic mass is 9.93. The minimum absolute atomic E-state index is 0.0269. The van der Waals surface area contributed by atoms with E-state index in [0.717, 1.165) is 34.2 Å². The first-order valence-electron chi connectivity index (χ1n) is 10.3. The van der Waals surface area contributed by atoms with E-state index in [-0.39, 0.29) is 5.69 Å². The van der Waals surface area contributed by atoms with Crippen LogP contribution in [0.4, 0.5) is 5.69 Å². The smallest absolute Gasteiger partial charge is 0.269 e. The molecule has 0 saturated carbocycles. The number of nitro benzene ring substituents is 1. The Bertz CT molecular complexity index is 1490. The number of fused-ring (bicyclic) bond motifs is 1. The number of hydrogen-bond donors (Lipinski definition) is 0. The van der Waals surface area contributed by atoms with E-state index in [1.807, 2.05) is 67.6 Å². The van der Waals surface area contributed by atoms with Gasteiger partial charge in [-0.2, -0.15) is 5.10 Å². The number of pyridine rings is 1. The second kappa shape index (κ2) is 8.12. The van der Waals surface area contributed by atoms with Gasteiger partial charge < -0.3 is 0 Å². The Labute approximate surface area is 189 Å². The number of carbonyl (C=O) groups excluding carboxylic acids is 1. The highest BCUT2D eigenvalue weighted by Crippen LogP contribution is 2.38. The first-order valence-corrected chi connectivity index (χ1v) is 10.3. The minimum Gasteiger partial charge on any atom is -0.298 e. The Morgan fingerprint density at radius 2 is 1.52 bits per heavy atom. The van der Waals surface area contributed by atoms with E-state index in [1.165, 1.54) is 12.1 Å². The summed E-state index contributed by atoms with van der Waals surface area (Å²) in [5.74, 6) is 0. The Morgan fingerprint density at radius 3 is 2.12 bits per heavy atom. The molecule has 33 heavy (non-hydrogen) atoms. The van der Waals surface area contributed by atoms with Gasteiger partial charge in [0.1, 0.15) is 0 Å². The summed E-state index contributed by atoms with van der Waals surface area (Å²) in [7, 11) is 0. The number of rotatable bonds is 5. The van der Waals surface area contributed by atoms with Crippen molar-refractivity contribution in [2.24, 2.45) is 0 Å². The van der Waals surface area contributed by atoms with Crippen LogP contribution in [0.5, 0.6) is 0 Å². The molecular weight excluding hydrogens is 416 g/mol. The van der Waals surface area contributed by atoms with E-state index in [9.17, 15) is 14.9 Å². The van der Waals surface area contributed by atoms with Crippen LogP contribution in [0.2, 0.25) is 0 Å². The number of hydrogen-bond acceptors (Lipinski definition) is 5. The van der Waals surface area contributed by atoms with E-state index in [2.05, 4.69) is 0 Å². The highest BCUT2D eigenvalue weighted by Gasteiger charge is 2.23. The van der Waals surface area contributed by atoms with E-state index in [1.54, 1.807) is 16.8 Å². The van der Waals surface area contributed by atoms with Crippen molar-refractivity contribution in [1.82, 2.24) is 14.8 Å². The number of non-ortho nitro benzene ring substituents is 1. The second-order valence-corrected chi connectivity index (χ2v) is 7.57. The van der Waals surface area contributed by atoms with Crippen LogP contribution in [0.25, 0.3) is 39.1 Å². The number of nitro groups is 1. The summed E-state index contributed by atoms with van der Waals surface area (Å²) in [6.07, 6.45) is 0.796. The normalized spacial score (nSPS) is 10.9. The third-order valence-corrected chi connectivity index (χ3v) is 5.56. The summed E-state index contributed by atoms with van der Waals surface area (Å²) in [5, 5.41) is 16.6. The predicted molar refractivity (Wildman–Crippen MR) is 127 cm³/mol. The van der Waals surface area contributed by atoms with E-state index in [0.29, 0.717) is 22.5 Å². The average molecular weight is 434 g/mol. The molecule has 7 nitrogen and oxygen atoms in total. The van der Waals surface area contributed by atoms with Crippen LogP contribution in [-0.2, 0) is 0 Å². The molecule has 0 bridgehead atoms. The number of carbonyl (C=O) groups is 1. The lowest BCUT2D eigenvalue weighted by molar-refractivity contribution is -0.384. The van der Waals surface area contributed by atoms with Crippen molar-refractivity contribution >= 4 is 23.0 Å². The highest BCUT2D eigenvalue weighted by molar-refractivity contribution is 6.07. The number of aromatic nitrogens is 3. The molecule has 7 heteroatoms. The summed E-state index contributed by atoms with van der Waals surface area (Å²) in [6, 6.07) is 25.4. The number of benzene rings is 3. The van der Waals surface area contributed by atoms with Gasteiger partial charge in [0.05, 0.1) is 27.4 Å². The van der Waals surface area contributed by atoms with Crippen LogP contribution in [-0.4, -0.2) is 26.0 Å². The standard InChI is InChI=1S/C26H18N4O3/c1-17-23-24(18-8-4-2-5-9-18)22(16-31)25(19-12-14-21(15-13-19)30(32)33)27-26(23)29(28-17)20-10-6-3-7-11-20/h2-16H,1H3. The molecule has 0 unspecified atom stereocenters. The maximum absolute atomic E-state index is 12.4. The molecule has 0 fully saturated rings. The van der Waals surface area contributed by atoms with Gasteiger partial charge in [-0.3, -0.25) is 14.9 Å². The molecule has 0 atom stereocenters. The highest BCUT2D eigenvalue weighted by atomic mass is 16.6. The Kier molecular flexibility index (Phi) is 4.99. The van der Waals surface area contributed by atoms with E-state index in [4.69, 9.17) is 10.1 Å². The maximum atomic E-state index is 12.4. The van der Waals surface area contributed by atoms with Crippen LogP contribution in [0, 0.1) is 17.0 Å². The van der Waals surface area contributed by atoms with Crippen molar-refractivity contribution < 1.29 is 9.72 Å². The molecule has 2 heterocycles. The summed E-state index contributed by atoms with van der Waals surface area (Å²) < 4.78 is 1.76. The van der Waals surface area contributed by atoms with Gasteiger partial charge in [-0.25, -0.2) is 9.67 Å². The molecule has 5 aromatic rings.